The highest BCUT2D eigenvalue weighted by molar-refractivity contribution is 5.89. The average Bonchev–Trinajstić information content (AvgIpc) is 3.18. The fraction of sp³-hybridized carbons (Fsp3) is 0.429. The van der Waals surface area contributed by atoms with Crippen molar-refractivity contribution in [2.24, 2.45) is 11.8 Å². The molecule has 2 aliphatic rings. The summed E-state index contributed by atoms with van der Waals surface area (Å²) < 4.78 is 13.6. The molecule has 1 aromatic rings. The van der Waals surface area contributed by atoms with E-state index in [1.165, 1.54) is 6.07 Å². The Bertz CT molecular complexity index is 558. The maximum absolute atomic E-state index is 13.6. The molecule has 1 fully saturated rings. The molecule has 0 saturated heterocycles. The van der Waals surface area contributed by atoms with E-state index in [4.69, 9.17) is 5.11 Å². The van der Waals surface area contributed by atoms with Gasteiger partial charge in [-0.05, 0) is 30.0 Å². The lowest BCUT2D eigenvalue weighted by atomic mass is 9.99. The molecule has 1 aliphatic carbocycles. The lowest BCUT2D eigenvalue weighted by Gasteiger charge is -2.29. The van der Waals surface area contributed by atoms with Gasteiger partial charge >= 0.3 is 5.97 Å². The summed E-state index contributed by atoms with van der Waals surface area (Å²) in [6.07, 6.45) is 0.929. The van der Waals surface area contributed by atoms with Crippen LogP contribution in [0.4, 0.5) is 4.39 Å². The molecule has 1 heterocycles. The molecule has 1 amide bonds. The average molecular weight is 263 g/mol. The predicted octanol–water partition coefficient (Wildman–Crippen LogP) is 1.43. The molecule has 1 aromatic carbocycles. The Morgan fingerprint density at radius 2 is 2.11 bits per heavy atom. The van der Waals surface area contributed by atoms with Crippen molar-refractivity contribution in [3.63, 3.8) is 0 Å². The third-order valence-electron chi connectivity index (χ3n) is 3.95. The van der Waals surface area contributed by atoms with Crippen LogP contribution >= 0.6 is 0 Å². The SMILES string of the molecule is O=C(O)C1CC1C(=O)N1CCc2c(F)cccc2C1. The van der Waals surface area contributed by atoms with Crippen molar-refractivity contribution < 1.29 is 19.1 Å². The Morgan fingerprint density at radius 3 is 2.79 bits per heavy atom. The van der Waals surface area contributed by atoms with Crippen LogP contribution in [0.3, 0.4) is 0 Å². The molecule has 0 aromatic heterocycles. The van der Waals surface area contributed by atoms with Gasteiger partial charge in [-0.1, -0.05) is 12.1 Å². The maximum atomic E-state index is 13.6. The first kappa shape index (κ1) is 12.1. The van der Waals surface area contributed by atoms with Crippen LogP contribution in [0.1, 0.15) is 17.5 Å². The normalized spacial score (nSPS) is 24.8. The van der Waals surface area contributed by atoms with Crippen LogP contribution < -0.4 is 0 Å². The van der Waals surface area contributed by atoms with Gasteiger partial charge in [-0.25, -0.2) is 4.39 Å². The summed E-state index contributed by atoms with van der Waals surface area (Å²) in [5.74, 6) is -2.14. The van der Waals surface area contributed by atoms with Crippen molar-refractivity contribution in [3.05, 3.63) is 35.1 Å². The first-order valence-electron chi connectivity index (χ1n) is 6.36. The second-order valence-corrected chi connectivity index (χ2v) is 5.17. The van der Waals surface area contributed by atoms with Gasteiger partial charge in [0.25, 0.3) is 0 Å². The molecule has 0 radical (unpaired) electrons. The summed E-state index contributed by atoms with van der Waals surface area (Å²) >= 11 is 0. The largest absolute Gasteiger partial charge is 0.481 e. The first-order valence-corrected chi connectivity index (χ1v) is 6.36. The van der Waals surface area contributed by atoms with Gasteiger partial charge in [-0.3, -0.25) is 9.59 Å². The van der Waals surface area contributed by atoms with Crippen LogP contribution in [0.25, 0.3) is 0 Å². The molecule has 0 spiro atoms. The Morgan fingerprint density at radius 1 is 1.32 bits per heavy atom. The van der Waals surface area contributed by atoms with Gasteiger partial charge in [0.15, 0.2) is 0 Å². The van der Waals surface area contributed by atoms with E-state index in [-0.39, 0.29) is 17.6 Å². The van der Waals surface area contributed by atoms with Gasteiger partial charge in [-0.2, -0.15) is 0 Å². The zero-order chi connectivity index (χ0) is 13.6. The topological polar surface area (TPSA) is 57.6 Å². The quantitative estimate of drug-likeness (QED) is 0.878. The zero-order valence-electron chi connectivity index (χ0n) is 10.3. The van der Waals surface area contributed by atoms with Crippen molar-refractivity contribution in [3.8, 4) is 0 Å². The number of rotatable bonds is 2. The third kappa shape index (κ3) is 2.09. The second kappa shape index (κ2) is 4.33. The van der Waals surface area contributed by atoms with E-state index >= 15 is 0 Å². The van der Waals surface area contributed by atoms with E-state index in [0.29, 0.717) is 31.5 Å². The van der Waals surface area contributed by atoms with Crippen LogP contribution in [0, 0.1) is 17.7 Å². The molecule has 19 heavy (non-hydrogen) atoms. The number of hydrogen-bond acceptors (Lipinski definition) is 2. The number of amides is 1. The highest BCUT2D eigenvalue weighted by Crippen LogP contribution is 2.40. The number of carboxylic acid groups (broad SMARTS) is 1. The molecule has 2 atom stereocenters. The number of carbonyl (C=O) groups excluding carboxylic acids is 1. The number of aliphatic carboxylic acids is 1. The molecule has 100 valence electrons. The Balaban J connectivity index is 1.73. The van der Waals surface area contributed by atoms with Gasteiger partial charge < -0.3 is 10.0 Å². The Kier molecular flexibility index (Phi) is 2.77. The summed E-state index contributed by atoms with van der Waals surface area (Å²) in [5.41, 5.74) is 1.50. The van der Waals surface area contributed by atoms with Crippen molar-refractivity contribution in [2.75, 3.05) is 6.54 Å². The van der Waals surface area contributed by atoms with E-state index in [1.54, 1.807) is 11.0 Å². The van der Waals surface area contributed by atoms with Crippen LogP contribution in [0.5, 0.6) is 0 Å². The van der Waals surface area contributed by atoms with E-state index in [0.717, 1.165) is 5.56 Å². The minimum absolute atomic E-state index is 0.109. The molecular weight excluding hydrogens is 249 g/mol. The first-order chi connectivity index (χ1) is 9.08. The molecule has 1 saturated carbocycles. The van der Waals surface area contributed by atoms with E-state index in [9.17, 15) is 14.0 Å². The Hall–Kier alpha value is -1.91. The lowest BCUT2D eigenvalue weighted by Crippen LogP contribution is -2.37. The second-order valence-electron chi connectivity index (χ2n) is 5.17. The molecule has 3 rings (SSSR count). The summed E-state index contributed by atoms with van der Waals surface area (Å²) in [6, 6.07) is 4.89. The fourth-order valence-electron chi connectivity index (χ4n) is 2.73. The summed E-state index contributed by atoms with van der Waals surface area (Å²) in [5, 5.41) is 8.84. The third-order valence-corrected chi connectivity index (χ3v) is 3.95. The number of fused-ring (bicyclic) bond motifs is 1. The minimum atomic E-state index is -0.901. The number of carbonyl (C=O) groups is 2. The highest BCUT2D eigenvalue weighted by atomic mass is 19.1. The van der Waals surface area contributed by atoms with Crippen molar-refractivity contribution in [1.82, 2.24) is 4.90 Å². The molecule has 5 heteroatoms. The van der Waals surface area contributed by atoms with Crippen LogP contribution in [-0.2, 0) is 22.6 Å². The van der Waals surface area contributed by atoms with Crippen LogP contribution in [0.2, 0.25) is 0 Å². The molecular formula is C14H14FNO3. The fourth-order valence-corrected chi connectivity index (χ4v) is 2.73. The van der Waals surface area contributed by atoms with Crippen LogP contribution in [0.15, 0.2) is 18.2 Å². The number of halogens is 1. The monoisotopic (exact) mass is 263 g/mol. The summed E-state index contributed by atoms with van der Waals surface area (Å²) in [7, 11) is 0. The van der Waals surface area contributed by atoms with Crippen molar-refractivity contribution in [2.45, 2.75) is 19.4 Å². The van der Waals surface area contributed by atoms with Crippen LogP contribution in [-0.4, -0.2) is 28.4 Å². The zero-order valence-corrected chi connectivity index (χ0v) is 10.3. The van der Waals surface area contributed by atoms with Gasteiger partial charge in [0.1, 0.15) is 5.82 Å². The molecule has 1 N–H and O–H groups in total. The number of hydrogen-bond donors (Lipinski definition) is 1. The standard InChI is InChI=1S/C14H14FNO3/c15-12-3-1-2-8-7-16(5-4-9(8)12)13(17)10-6-11(10)14(18)19/h1-3,10-11H,4-7H2,(H,18,19). The maximum Gasteiger partial charge on any atom is 0.307 e. The number of nitrogens with zero attached hydrogens (tertiary/aromatic N) is 1. The van der Waals surface area contributed by atoms with Crippen molar-refractivity contribution >= 4 is 11.9 Å². The number of carboxylic acids is 1. The molecule has 0 bridgehead atoms. The van der Waals surface area contributed by atoms with Crippen molar-refractivity contribution in [1.29, 1.82) is 0 Å². The lowest BCUT2D eigenvalue weighted by molar-refractivity contribution is -0.142. The van der Waals surface area contributed by atoms with Gasteiger partial charge in [0.2, 0.25) is 5.91 Å². The van der Waals surface area contributed by atoms with E-state index < -0.39 is 11.9 Å². The van der Waals surface area contributed by atoms with Gasteiger partial charge in [0.05, 0.1) is 11.8 Å². The van der Waals surface area contributed by atoms with Gasteiger partial charge in [-0.15, -0.1) is 0 Å². The predicted molar refractivity (Wildman–Crippen MR) is 64.8 cm³/mol. The minimum Gasteiger partial charge on any atom is -0.481 e. The van der Waals surface area contributed by atoms with E-state index in [1.807, 2.05) is 6.07 Å². The highest BCUT2D eigenvalue weighted by Gasteiger charge is 2.50. The molecule has 4 nitrogen and oxygen atoms in total. The van der Waals surface area contributed by atoms with E-state index in [2.05, 4.69) is 0 Å². The number of benzene rings is 1. The Labute approximate surface area is 109 Å². The summed E-state index contributed by atoms with van der Waals surface area (Å²) in [4.78, 5) is 24.6. The smallest absolute Gasteiger partial charge is 0.307 e. The molecule has 2 unspecified atom stereocenters. The molecule has 1 aliphatic heterocycles. The summed E-state index contributed by atoms with van der Waals surface area (Å²) in [6.45, 7) is 0.852. The van der Waals surface area contributed by atoms with Gasteiger partial charge in [0, 0.05) is 13.1 Å².